The number of nitro benzene ring substituents is 1. The van der Waals surface area contributed by atoms with E-state index in [0.29, 0.717) is 23.3 Å². The van der Waals surface area contributed by atoms with Crippen molar-refractivity contribution in [3.8, 4) is 0 Å². The summed E-state index contributed by atoms with van der Waals surface area (Å²) in [5, 5.41) is 14.4. The molecule has 0 amide bonds. The van der Waals surface area contributed by atoms with E-state index in [1.807, 2.05) is 12.1 Å². The van der Waals surface area contributed by atoms with E-state index in [4.69, 9.17) is 10.6 Å². The third kappa shape index (κ3) is 2.76. The summed E-state index contributed by atoms with van der Waals surface area (Å²) in [5.41, 5.74) is 2.48. The Morgan fingerprint density at radius 3 is 2.57 bits per heavy atom. The quantitative estimate of drug-likeness (QED) is 0.307. The van der Waals surface area contributed by atoms with Gasteiger partial charge in [0.05, 0.1) is 16.2 Å². The number of ether oxygens (including phenoxy) is 1. The van der Waals surface area contributed by atoms with Crippen molar-refractivity contribution >= 4 is 17.4 Å². The number of nitrogens with two attached hydrogens (primary N) is 1. The predicted octanol–water partition coefficient (Wildman–Crippen LogP) is 2.56. The summed E-state index contributed by atoms with van der Waals surface area (Å²) in [4.78, 5) is 22.1. The largest absolute Gasteiger partial charge is 0.453 e. The number of hydrazone groups is 1. The summed E-state index contributed by atoms with van der Waals surface area (Å²) in [7, 11) is 0. The van der Waals surface area contributed by atoms with Crippen LogP contribution in [0.3, 0.4) is 0 Å². The first-order valence-corrected chi connectivity index (χ1v) is 6.91. The average Bonchev–Trinajstić information content (AvgIpc) is 2.89. The molecule has 1 aliphatic heterocycles. The van der Waals surface area contributed by atoms with Crippen LogP contribution in [0, 0.1) is 10.1 Å². The topological polar surface area (TPSA) is 108 Å². The van der Waals surface area contributed by atoms with Crippen LogP contribution in [0.15, 0.2) is 53.6 Å². The minimum Gasteiger partial charge on any atom is -0.453 e. The van der Waals surface area contributed by atoms with Crippen molar-refractivity contribution in [3.05, 3.63) is 75.3 Å². The number of rotatable bonds is 4. The van der Waals surface area contributed by atoms with E-state index in [1.54, 1.807) is 24.3 Å². The van der Waals surface area contributed by atoms with Crippen LogP contribution in [0.1, 0.15) is 34.0 Å². The fourth-order valence-corrected chi connectivity index (χ4v) is 2.57. The van der Waals surface area contributed by atoms with Gasteiger partial charge in [-0.1, -0.05) is 18.2 Å². The molecule has 3 rings (SSSR count). The first-order chi connectivity index (χ1) is 11.1. The number of nitro groups is 1. The average molecular weight is 311 g/mol. The van der Waals surface area contributed by atoms with Gasteiger partial charge in [-0.15, -0.1) is 0 Å². The van der Waals surface area contributed by atoms with Gasteiger partial charge in [0.25, 0.3) is 5.69 Å². The number of non-ortho nitro benzene ring substituents is 1. The van der Waals surface area contributed by atoms with Crippen LogP contribution in [0.5, 0.6) is 0 Å². The fourth-order valence-electron chi connectivity index (χ4n) is 2.57. The number of fused-ring (bicyclic) bond motifs is 1. The molecule has 23 heavy (non-hydrogen) atoms. The molecule has 2 N–H and O–H groups in total. The van der Waals surface area contributed by atoms with Crippen LogP contribution >= 0.6 is 0 Å². The molecule has 116 valence electrons. The second kappa shape index (κ2) is 5.88. The number of hydrogen-bond donors (Lipinski definition) is 1. The molecular weight excluding hydrogens is 298 g/mol. The molecule has 1 unspecified atom stereocenters. The molecule has 0 saturated heterocycles. The summed E-state index contributed by atoms with van der Waals surface area (Å²) >= 11 is 0. The summed E-state index contributed by atoms with van der Waals surface area (Å²) in [5.74, 6) is 5.08. The third-order valence-electron chi connectivity index (χ3n) is 3.72. The van der Waals surface area contributed by atoms with Crippen molar-refractivity contribution < 1.29 is 14.5 Å². The van der Waals surface area contributed by atoms with Crippen molar-refractivity contribution in [2.24, 2.45) is 10.9 Å². The lowest BCUT2D eigenvalue weighted by molar-refractivity contribution is -0.384. The highest BCUT2D eigenvalue weighted by Crippen LogP contribution is 2.33. The molecule has 7 heteroatoms. The van der Waals surface area contributed by atoms with Gasteiger partial charge >= 0.3 is 5.97 Å². The second-order valence-electron chi connectivity index (χ2n) is 5.07. The Hall–Kier alpha value is -3.22. The number of carbonyl (C=O) groups excluding carboxylic acids is 1. The monoisotopic (exact) mass is 311 g/mol. The van der Waals surface area contributed by atoms with Gasteiger partial charge in [-0.2, -0.15) is 5.10 Å². The molecule has 0 spiro atoms. The smallest absolute Gasteiger partial charge is 0.339 e. The maximum absolute atomic E-state index is 11.8. The van der Waals surface area contributed by atoms with Gasteiger partial charge in [0.2, 0.25) is 0 Å². The highest BCUT2D eigenvalue weighted by molar-refractivity contribution is 6.02. The zero-order valence-corrected chi connectivity index (χ0v) is 12.0. The predicted molar refractivity (Wildman–Crippen MR) is 83.0 cm³/mol. The van der Waals surface area contributed by atoms with E-state index in [2.05, 4.69) is 5.10 Å². The summed E-state index contributed by atoms with van der Waals surface area (Å²) in [6, 6.07) is 13.1. The molecule has 2 aromatic carbocycles. The second-order valence-corrected chi connectivity index (χ2v) is 5.07. The maximum Gasteiger partial charge on any atom is 0.339 e. The first kappa shape index (κ1) is 14.7. The third-order valence-corrected chi connectivity index (χ3v) is 3.72. The van der Waals surface area contributed by atoms with Gasteiger partial charge in [0.1, 0.15) is 6.10 Å². The van der Waals surface area contributed by atoms with Gasteiger partial charge in [-0.3, -0.25) is 10.1 Å². The van der Waals surface area contributed by atoms with Gasteiger partial charge in [-0.05, 0) is 23.8 Å². The van der Waals surface area contributed by atoms with E-state index in [-0.39, 0.29) is 11.7 Å². The lowest BCUT2D eigenvalue weighted by Gasteiger charge is -2.12. The molecule has 0 fully saturated rings. The van der Waals surface area contributed by atoms with Crippen LogP contribution in [0.2, 0.25) is 0 Å². The number of esters is 1. The lowest BCUT2D eigenvalue weighted by atomic mass is 9.98. The molecule has 0 bridgehead atoms. The van der Waals surface area contributed by atoms with E-state index >= 15 is 0 Å². The number of carbonyl (C=O) groups is 1. The molecule has 0 radical (unpaired) electrons. The Labute approximate surface area is 131 Å². The molecule has 1 aliphatic rings. The summed E-state index contributed by atoms with van der Waals surface area (Å²) < 4.78 is 5.36. The zero-order chi connectivity index (χ0) is 16.4. The minimum absolute atomic E-state index is 0.0113. The first-order valence-electron chi connectivity index (χ1n) is 6.91. The Balaban J connectivity index is 1.84. The van der Waals surface area contributed by atoms with Crippen LogP contribution in [-0.4, -0.2) is 16.6 Å². The maximum atomic E-state index is 11.8. The van der Waals surface area contributed by atoms with E-state index in [9.17, 15) is 14.9 Å². The van der Waals surface area contributed by atoms with Crippen LogP contribution in [-0.2, 0) is 4.74 Å². The Kier molecular flexibility index (Phi) is 3.76. The molecule has 0 saturated carbocycles. The SMILES string of the molecule is NN=C(CC1OC(=O)c2ccccc21)c1ccc([N+](=O)[O-])cc1. The van der Waals surface area contributed by atoms with E-state index in [0.717, 1.165) is 5.56 Å². The summed E-state index contributed by atoms with van der Waals surface area (Å²) in [6.07, 6.45) is -0.159. The van der Waals surface area contributed by atoms with Gasteiger partial charge in [0, 0.05) is 24.1 Å². The number of hydrogen-bond acceptors (Lipinski definition) is 6. The lowest BCUT2D eigenvalue weighted by Crippen LogP contribution is -2.11. The van der Waals surface area contributed by atoms with Crippen molar-refractivity contribution in [2.45, 2.75) is 12.5 Å². The zero-order valence-electron chi connectivity index (χ0n) is 12.0. The molecule has 0 aromatic heterocycles. The highest BCUT2D eigenvalue weighted by Gasteiger charge is 2.31. The van der Waals surface area contributed by atoms with Gasteiger partial charge in [0.15, 0.2) is 0 Å². The van der Waals surface area contributed by atoms with Crippen LogP contribution in [0.25, 0.3) is 0 Å². The van der Waals surface area contributed by atoms with Crippen molar-refractivity contribution in [1.82, 2.24) is 0 Å². The Morgan fingerprint density at radius 2 is 1.91 bits per heavy atom. The standard InChI is InChI=1S/C16H13N3O4/c17-18-14(10-5-7-11(8-6-10)19(21)22)9-15-12-3-1-2-4-13(12)16(20)23-15/h1-8,15H,9,17H2. The van der Waals surface area contributed by atoms with Crippen LogP contribution in [0.4, 0.5) is 5.69 Å². The molecule has 1 heterocycles. The highest BCUT2D eigenvalue weighted by atomic mass is 16.6. The van der Waals surface area contributed by atoms with Crippen molar-refractivity contribution in [3.63, 3.8) is 0 Å². The van der Waals surface area contributed by atoms with Crippen molar-refractivity contribution in [1.29, 1.82) is 0 Å². The molecule has 1 atom stereocenters. The molecule has 7 nitrogen and oxygen atoms in total. The minimum atomic E-state index is -0.474. The van der Waals surface area contributed by atoms with Crippen LogP contribution < -0.4 is 5.84 Å². The fraction of sp³-hybridized carbons (Fsp3) is 0.125. The number of cyclic esters (lactones) is 1. The number of nitrogens with zero attached hydrogens (tertiary/aromatic N) is 2. The number of benzene rings is 2. The van der Waals surface area contributed by atoms with Gasteiger partial charge < -0.3 is 10.6 Å². The molecular formula is C16H13N3O4. The molecule has 2 aromatic rings. The Bertz CT molecular complexity index is 799. The van der Waals surface area contributed by atoms with Crippen molar-refractivity contribution in [2.75, 3.05) is 0 Å². The summed E-state index contributed by atoms with van der Waals surface area (Å²) in [6.45, 7) is 0. The Morgan fingerprint density at radius 1 is 1.22 bits per heavy atom. The molecule has 0 aliphatic carbocycles. The van der Waals surface area contributed by atoms with Gasteiger partial charge in [-0.25, -0.2) is 4.79 Å². The van der Waals surface area contributed by atoms with E-state index in [1.165, 1.54) is 12.1 Å². The van der Waals surface area contributed by atoms with E-state index < -0.39 is 11.0 Å². The normalized spacial score (nSPS) is 16.8.